The number of rotatable bonds is 1. The van der Waals surface area contributed by atoms with E-state index in [-0.39, 0.29) is 0 Å². The second-order valence-corrected chi connectivity index (χ2v) is 4.01. The van der Waals surface area contributed by atoms with Gasteiger partial charge in [0.05, 0.1) is 0 Å². The van der Waals surface area contributed by atoms with Crippen LogP contribution < -0.4 is 0 Å². The molecule has 0 bridgehead atoms. The van der Waals surface area contributed by atoms with E-state index in [2.05, 4.69) is 34.1 Å². The number of hydrogen-bond donors (Lipinski definition) is 0. The maximum absolute atomic E-state index is 5.84. The third-order valence-corrected chi connectivity index (χ3v) is 3.08. The van der Waals surface area contributed by atoms with E-state index in [9.17, 15) is 0 Å². The molecule has 0 unspecified atom stereocenters. The molecule has 0 heterocycles. The van der Waals surface area contributed by atoms with Gasteiger partial charge in [-0.25, -0.2) is 0 Å². The summed E-state index contributed by atoms with van der Waals surface area (Å²) >= 11 is 9.36. The van der Waals surface area contributed by atoms with Gasteiger partial charge in [-0.05, 0) is 22.4 Å². The van der Waals surface area contributed by atoms with Crippen molar-refractivity contribution < 1.29 is 0 Å². The molecular formula is C11H8BrCl. The molecule has 0 spiro atoms. The highest BCUT2D eigenvalue weighted by atomic mass is 79.9. The number of benzene rings is 2. The van der Waals surface area contributed by atoms with E-state index < -0.39 is 0 Å². The Bertz CT molecular complexity index is 437. The Morgan fingerprint density at radius 3 is 2.46 bits per heavy atom. The Balaban J connectivity index is 2.84. The first-order chi connectivity index (χ1) is 6.33. The van der Waals surface area contributed by atoms with Gasteiger partial charge in [0.1, 0.15) is 0 Å². The highest BCUT2D eigenvalue weighted by Gasteiger charge is 2.01. The molecule has 0 atom stereocenters. The van der Waals surface area contributed by atoms with Crippen molar-refractivity contribution in [2.24, 2.45) is 0 Å². The average molecular weight is 256 g/mol. The first-order valence-corrected chi connectivity index (χ1v) is 5.38. The maximum Gasteiger partial charge on any atom is 0.0480 e. The van der Waals surface area contributed by atoms with Crippen molar-refractivity contribution in [1.29, 1.82) is 0 Å². The fourth-order valence-corrected chi connectivity index (χ4v) is 2.18. The Kier molecular flexibility index (Phi) is 2.56. The Morgan fingerprint density at radius 2 is 1.69 bits per heavy atom. The molecule has 0 saturated heterocycles. The summed E-state index contributed by atoms with van der Waals surface area (Å²) in [5, 5.41) is 2.45. The molecule has 0 amide bonds. The normalized spacial score (nSPS) is 10.6. The molecule has 0 nitrogen and oxygen atoms in total. The lowest BCUT2D eigenvalue weighted by molar-refractivity contribution is 1.45. The molecule has 0 aliphatic carbocycles. The molecule has 0 aromatic heterocycles. The summed E-state index contributed by atoms with van der Waals surface area (Å²) in [6, 6.07) is 12.3. The lowest BCUT2D eigenvalue weighted by atomic mass is 10.1. The van der Waals surface area contributed by atoms with E-state index in [4.69, 9.17) is 11.6 Å². The molecule has 0 radical (unpaired) electrons. The smallest absolute Gasteiger partial charge is 0.0480 e. The molecule has 0 fully saturated rings. The Hall–Kier alpha value is -0.530. The molecule has 2 aromatic rings. The molecule has 66 valence electrons. The average Bonchev–Trinajstić information content (AvgIpc) is 2.18. The van der Waals surface area contributed by atoms with Crippen molar-refractivity contribution in [3.05, 3.63) is 46.4 Å². The van der Waals surface area contributed by atoms with Crippen LogP contribution in [0.5, 0.6) is 0 Å². The van der Waals surface area contributed by atoms with E-state index in [1.54, 1.807) is 0 Å². The van der Waals surface area contributed by atoms with Crippen molar-refractivity contribution in [3.8, 4) is 0 Å². The van der Waals surface area contributed by atoms with Crippen LogP contribution in [0.15, 0.2) is 40.9 Å². The fourth-order valence-electron chi connectivity index (χ4n) is 1.45. The minimum absolute atomic E-state index is 0.563. The van der Waals surface area contributed by atoms with Crippen LogP contribution in [0.3, 0.4) is 0 Å². The summed E-state index contributed by atoms with van der Waals surface area (Å²) in [5.41, 5.74) is 1.18. The summed E-state index contributed by atoms with van der Waals surface area (Å²) < 4.78 is 1.12. The quantitative estimate of drug-likeness (QED) is 0.665. The summed E-state index contributed by atoms with van der Waals surface area (Å²) in [6.45, 7) is 0. The SMILES string of the molecule is ClCc1cccc2c(Br)cccc12. The zero-order chi connectivity index (χ0) is 9.26. The van der Waals surface area contributed by atoms with Crippen LogP contribution >= 0.6 is 27.5 Å². The number of alkyl halides is 1. The first kappa shape index (κ1) is 9.04. The van der Waals surface area contributed by atoms with Crippen molar-refractivity contribution in [1.82, 2.24) is 0 Å². The van der Waals surface area contributed by atoms with Gasteiger partial charge < -0.3 is 0 Å². The van der Waals surface area contributed by atoms with Gasteiger partial charge in [-0.1, -0.05) is 46.3 Å². The van der Waals surface area contributed by atoms with Crippen molar-refractivity contribution in [2.75, 3.05) is 0 Å². The van der Waals surface area contributed by atoms with E-state index in [1.807, 2.05) is 18.2 Å². The van der Waals surface area contributed by atoms with Crippen LogP contribution in [-0.4, -0.2) is 0 Å². The molecule has 13 heavy (non-hydrogen) atoms. The number of hydrogen-bond acceptors (Lipinski definition) is 0. The largest absolute Gasteiger partial charge is 0.122 e. The van der Waals surface area contributed by atoms with Gasteiger partial charge in [0, 0.05) is 10.4 Å². The van der Waals surface area contributed by atoms with E-state index in [1.165, 1.54) is 16.3 Å². The predicted octanol–water partition coefficient (Wildman–Crippen LogP) is 4.34. The molecular weight excluding hydrogens is 247 g/mol. The minimum atomic E-state index is 0.563. The third-order valence-electron chi connectivity index (χ3n) is 2.10. The number of fused-ring (bicyclic) bond motifs is 1. The van der Waals surface area contributed by atoms with Gasteiger partial charge in [-0.15, -0.1) is 11.6 Å². The molecule has 0 saturated carbocycles. The van der Waals surface area contributed by atoms with Gasteiger partial charge in [0.15, 0.2) is 0 Å². The second kappa shape index (κ2) is 3.69. The summed E-state index contributed by atoms with van der Waals surface area (Å²) in [7, 11) is 0. The monoisotopic (exact) mass is 254 g/mol. The van der Waals surface area contributed by atoms with Crippen LogP contribution in [0, 0.1) is 0 Å². The molecule has 2 heteroatoms. The van der Waals surface area contributed by atoms with Crippen LogP contribution in [0.1, 0.15) is 5.56 Å². The van der Waals surface area contributed by atoms with E-state index in [0.717, 1.165) is 4.47 Å². The third kappa shape index (κ3) is 1.59. The molecule has 2 rings (SSSR count). The zero-order valence-corrected chi connectivity index (χ0v) is 9.27. The zero-order valence-electron chi connectivity index (χ0n) is 6.93. The Labute approximate surface area is 90.6 Å². The van der Waals surface area contributed by atoms with Gasteiger partial charge >= 0.3 is 0 Å². The first-order valence-electron chi connectivity index (χ1n) is 4.05. The number of halogens is 2. The van der Waals surface area contributed by atoms with Gasteiger partial charge in [0.2, 0.25) is 0 Å². The fraction of sp³-hybridized carbons (Fsp3) is 0.0909. The topological polar surface area (TPSA) is 0 Å². The van der Waals surface area contributed by atoms with Gasteiger partial charge in [0.25, 0.3) is 0 Å². The summed E-state index contributed by atoms with van der Waals surface area (Å²) in [4.78, 5) is 0. The Morgan fingerprint density at radius 1 is 1.00 bits per heavy atom. The summed E-state index contributed by atoms with van der Waals surface area (Å²) in [6.07, 6.45) is 0. The maximum atomic E-state index is 5.84. The minimum Gasteiger partial charge on any atom is -0.122 e. The highest BCUT2D eigenvalue weighted by molar-refractivity contribution is 9.10. The van der Waals surface area contributed by atoms with E-state index >= 15 is 0 Å². The van der Waals surface area contributed by atoms with Crippen LogP contribution in [0.25, 0.3) is 10.8 Å². The van der Waals surface area contributed by atoms with Crippen LogP contribution in [-0.2, 0) is 5.88 Å². The molecule has 0 aliphatic heterocycles. The second-order valence-electron chi connectivity index (χ2n) is 2.89. The molecule has 0 N–H and O–H groups in total. The van der Waals surface area contributed by atoms with Crippen molar-refractivity contribution in [2.45, 2.75) is 5.88 Å². The standard InChI is InChI=1S/C11H8BrCl/c12-11-6-2-4-9-8(7-13)3-1-5-10(9)11/h1-6H,7H2. The van der Waals surface area contributed by atoms with Crippen LogP contribution in [0.2, 0.25) is 0 Å². The lowest BCUT2D eigenvalue weighted by Gasteiger charge is -2.04. The lowest BCUT2D eigenvalue weighted by Crippen LogP contribution is -1.81. The van der Waals surface area contributed by atoms with Crippen molar-refractivity contribution >= 4 is 38.3 Å². The summed E-state index contributed by atoms with van der Waals surface area (Å²) in [5.74, 6) is 0.563. The van der Waals surface area contributed by atoms with Gasteiger partial charge in [-0.2, -0.15) is 0 Å². The molecule has 0 aliphatic rings. The van der Waals surface area contributed by atoms with Gasteiger partial charge in [-0.3, -0.25) is 0 Å². The molecule has 2 aromatic carbocycles. The van der Waals surface area contributed by atoms with Crippen molar-refractivity contribution in [3.63, 3.8) is 0 Å². The highest BCUT2D eigenvalue weighted by Crippen LogP contribution is 2.26. The van der Waals surface area contributed by atoms with E-state index in [0.29, 0.717) is 5.88 Å². The van der Waals surface area contributed by atoms with Crippen LogP contribution in [0.4, 0.5) is 0 Å². The predicted molar refractivity (Wildman–Crippen MR) is 61.2 cm³/mol.